The van der Waals surface area contributed by atoms with Gasteiger partial charge in [-0.05, 0) is 54.9 Å². The molecule has 26 heavy (non-hydrogen) atoms. The summed E-state index contributed by atoms with van der Waals surface area (Å²) in [6.45, 7) is 6.73. The average Bonchev–Trinajstić information content (AvgIpc) is 2.63. The highest BCUT2D eigenvalue weighted by molar-refractivity contribution is 7.68. The molecule has 1 aromatic carbocycles. The van der Waals surface area contributed by atoms with Crippen LogP contribution in [0.3, 0.4) is 0 Å². The molecular weight excluding hydrogens is 343 g/mol. The molecular formula is C21H29N2O2P. The Morgan fingerprint density at radius 2 is 1.92 bits per heavy atom. The van der Waals surface area contributed by atoms with Crippen molar-refractivity contribution in [2.45, 2.75) is 46.1 Å². The number of nitrogens with one attached hydrogen (secondary N) is 1. The third-order valence-corrected chi connectivity index (χ3v) is 7.38. The van der Waals surface area contributed by atoms with Crippen LogP contribution in [-0.4, -0.2) is 11.1 Å². The van der Waals surface area contributed by atoms with Gasteiger partial charge >= 0.3 is 7.52 Å². The third kappa shape index (κ3) is 4.55. The second-order valence-electron chi connectivity index (χ2n) is 7.71. The number of rotatable bonds is 6. The monoisotopic (exact) mass is 372 g/mol. The highest BCUT2D eigenvalue weighted by Crippen LogP contribution is 2.50. The van der Waals surface area contributed by atoms with Gasteiger partial charge in [-0.15, -0.1) is 0 Å². The van der Waals surface area contributed by atoms with Gasteiger partial charge in [0.15, 0.2) is 0 Å². The molecule has 4 unspecified atom stereocenters. The van der Waals surface area contributed by atoms with Crippen molar-refractivity contribution in [2.75, 3.05) is 5.09 Å². The Labute approximate surface area is 156 Å². The molecule has 3 rings (SSSR count). The average molecular weight is 372 g/mol. The SMILES string of the molecule is CC1CCC(C(C)C)C(OP(=O)(Nc2cccnc2)c2ccccc2)C1. The first-order valence-electron chi connectivity index (χ1n) is 9.50. The van der Waals surface area contributed by atoms with E-state index < -0.39 is 7.52 Å². The first kappa shape index (κ1) is 19.1. The molecule has 1 heterocycles. The lowest BCUT2D eigenvalue weighted by atomic mass is 9.75. The summed E-state index contributed by atoms with van der Waals surface area (Å²) in [5.41, 5.74) is 0.713. The zero-order valence-corrected chi connectivity index (χ0v) is 16.7. The second-order valence-corrected chi connectivity index (χ2v) is 9.76. The largest absolute Gasteiger partial charge is 0.324 e. The standard InChI is InChI=1S/C21H29N2O2P/c1-16(2)20-12-11-17(3)14-21(20)25-26(24,19-9-5-4-6-10-19)23-18-8-7-13-22-15-18/h4-10,13,15-17,20-21H,11-12,14H2,1-3H3,(H,23,24). The number of hydrogen-bond acceptors (Lipinski definition) is 3. The molecule has 4 nitrogen and oxygen atoms in total. The summed E-state index contributed by atoms with van der Waals surface area (Å²) in [7, 11) is -3.26. The molecule has 0 aliphatic heterocycles. The first-order chi connectivity index (χ1) is 12.5. The van der Waals surface area contributed by atoms with Gasteiger partial charge in [0.05, 0.1) is 23.3 Å². The quantitative estimate of drug-likeness (QED) is 0.681. The Balaban J connectivity index is 1.91. The van der Waals surface area contributed by atoms with E-state index in [9.17, 15) is 4.57 Å². The zero-order valence-electron chi connectivity index (χ0n) is 15.8. The van der Waals surface area contributed by atoms with E-state index in [0.29, 0.717) is 28.7 Å². The summed E-state index contributed by atoms with van der Waals surface area (Å²) in [6, 6.07) is 13.2. The van der Waals surface area contributed by atoms with Gasteiger partial charge in [-0.3, -0.25) is 9.55 Å². The highest BCUT2D eigenvalue weighted by Gasteiger charge is 2.38. The molecule has 0 saturated heterocycles. The molecule has 0 spiro atoms. The van der Waals surface area contributed by atoms with Gasteiger partial charge < -0.3 is 9.61 Å². The van der Waals surface area contributed by atoms with Gasteiger partial charge in [0.2, 0.25) is 0 Å². The fourth-order valence-corrected chi connectivity index (χ4v) is 5.77. The molecule has 0 bridgehead atoms. The van der Waals surface area contributed by atoms with Crippen LogP contribution in [0.2, 0.25) is 0 Å². The Morgan fingerprint density at radius 3 is 2.58 bits per heavy atom. The fourth-order valence-electron chi connectivity index (χ4n) is 3.80. The minimum Gasteiger partial charge on any atom is -0.310 e. The van der Waals surface area contributed by atoms with Crippen LogP contribution in [0.5, 0.6) is 0 Å². The fraction of sp³-hybridized carbons (Fsp3) is 0.476. The van der Waals surface area contributed by atoms with Crippen molar-refractivity contribution in [3.8, 4) is 0 Å². The van der Waals surface area contributed by atoms with Crippen molar-refractivity contribution in [3.63, 3.8) is 0 Å². The van der Waals surface area contributed by atoms with Crippen LogP contribution in [0.15, 0.2) is 54.9 Å². The normalized spacial score (nSPS) is 25.6. The summed E-state index contributed by atoms with van der Waals surface area (Å²) in [5, 5.41) is 3.86. The maximum atomic E-state index is 14.0. The van der Waals surface area contributed by atoms with E-state index in [-0.39, 0.29) is 6.10 Å². The number of hydrogen-bond donors (Lipinski definition) is 1. The molecule has 1 fully saturated rings. The van der Waals surface area contributed by atoms with Crippen LogP contribution >= 0.6 is 7.52 Å². The topological polar surface area (TPSA) is 51.2 Å². The van der Waals surface area contributed by atoms with E-state index in [4.69, 9.17) is 4.52 Å². The Kier molecular flexibility index (Phi) is 6.16. The maximum Gasteiger partial charge on any atom is 0.324 e. The van der Waals surface area contributed by atoms with Crippen LogP contribution in [0, 0.1) is 17.8 Å². The van der Waals surface area contributed by atoms with Crippen LogP contribution in [0.1, 0.15) is 40.0 Å². The minimum absolute atomic E-state index is 0.00559. The van der Waals surface area contributed by atoms with Gasteiger partial charge in [0.1, 0.15) is 0 Å². The zero-order chi connectivity index (χ0) is 18.6. The number of benzene rings is 1. The van der Waals surface area contributed by atoms with Crippen molar-refractivity contribution in [1.82, 2.24) is 4.98 Å². The van der Waals surface area contributed by atoms with Crippen molar-refractivity contribution in [3.05, 3.63) is 54.9 Å². The predicted octanol–water partition coefficient (Wildman–Crippen LogP) is 5.49. The van der Waals surface area contributed by atoms with Gasteiger partial charge in [0, 0.05) is 6.20 Å². The van der Waals surface area contributed by atoms with Crippen molar-refractivity contribution in [1.29, 1.82) is 0 Å². The molecule has 0 radical (unpaired) electrons. The second kappa shape index (κ2) is 8.37. The van der Waals surface area contributed by atoms with E-state index in [1.54, 1.807) is 12.4 Å². The summed E-state index contributed by atoms with van der Waals surface area (Å²) in [6.07, 6.45) is 6.68. The molecule has 5 heteroatoms. The first-order valence-corrected chi connectivity index (χ1v) is 11.1. The summed E-state index contributed by atoms with van der Waals surface area (Å²) < 4.78 is 20.4. The van der Waals surface area contributed by atoms with Gasteiger partial charge in [-0.1, -0.05) is 45.4 Å². The molecule has 0 amide bonds. The van der Waals surface area contributed by atoms with E-state index in [0.717, 1.165) is 12.8 Å². The van der Waals surface area contributed by atoms with Crippen molar-refractivity contribution >= 4 is 18.5 Å². The van der Waals surface area contributed by atoms with E-state index in [2.05, 4.69) is 30.8 Å². The predicted molar refractivity (Wildman–Crippen MR) is 108 cm³/mol. The molecule has 1 aliphatic carbocycles. The van der Waals surface area contributed by atoms with Crippen molar-refractivity contribution in [2.24, 2.45) is 17.8 Å². The summed E-state index contributed by atoms with van der Waals surface area (Å²) in [4.78, 5) is 4.13. The molecule has 1 saturated carbocycles. The van der Waals surface area contributed by atoms with Crippen molar-refractivity contribution < 1.29 is 9.09 Å². The van der Waals surface area contributed by atoms with E-state index in [1.807, 2.05) is 42.5 Å². The van der Waals surface area contributed by atoms with Crippen LogP contribution in [0.4, 0.5) is 5.69 Å². The molecule has 1 N–H and O–H groups in total. The summed E-state index contributed by atoms with van der Waals surface area (Å²) in [5.74, 6) is 1.53. The van der Waals surface area contributed by atoms with Gasteiger partial charge in [-0.25, -0.2) is 0 Å². The third-order valence-electron chi connectivity index (χ3n) is 5.28. The van der Waals surface area contributed by atoms with E-state index >= 15 is 0 Å². The Hall–Kier alpha value is -1.64. The summed E-state index contributed by atoms with van der Waals surface area (Å²) >= 11 is 0. The maximum absolute atomic E-state index is 14.0. The Bertz CT molecular complexity index is 736. The number of pyridine rings is 1. The molecule has 140 valence electrons. The smallest absolute Gasteiger partial charge is 0.310 e. The van der Waals surface area contributed by atoms with Gasteiger partial charge in [0.25, 0.3) is 0 Å². The number of nitrogens with zero attached hydrogens (tertiary/aromatic N) is 1. The van der Waals surface area contributed by atoms with Crippen LogP contribution in [0.25, 0.3) is 0 Å². The van der Waals surface area contributed by atoms with Gasteiger partial charge in [-0.2, -0.15) is 0 Å². The lowest BCUT2D eigenvalue weighted by Crippen LogP contribution is -2.35. The lowest BCUT2D eigenvalue weighted by molar-refractivity contribution is 0.0506. The molecule has 1 aromatic heterocycles. The highest BCUT2D eigenvalue weighted by atomic mass is 31.2. The van der Waals surface area contributed by atoms with E-state index in [1.165, 1.54) is 6.42 Å². The Morgan fingerprint density at radius 1 is 1.15 bits per heavy atom. The molecule has 4 atom stereocenters. The van der Waals surface area contributed by atoms with Crippen LogP contribution < -0.4 is 10.4 Å². The van der Waals surface area contributed by atoms with Crippen LogP contribution in [-0.2, 0) is 9.09 Å². The minimum atomic E-state index is -3.26. The molecule has 1 aliphatic rings. The molecule has 2 aromatic rings. The number of anilines is 1. The lowest BCUT2D eigenvalue weighted by Gasteiger charge is -2.39. The number of aromatic nitrogens is 1.